The van der Waals surface area contributed by atoms with Crippen LogP contribution in [0.4, 0.5) is 5.69 Å². The van der Waals surface area contributed by atoms with Crippen molar-refractivity contribution in [2.45, 2.75) is 121 Å². The third-order valence-electron chi connectivity index (χ3n) is 13.7. The fourth-order valence-corrected chi connectivity index (χ4v) is 10.7. The van der Waals surface area contributed by atoms with Gasteiger partial charge in [-0.05, 0) is 116 Å². The van der Waals surface area contributed by atoms with Gasteiger partial charge in [-0.1, -0.05) is 61.6 Å². The van der Waals surface area contributed by atoms with E-state index in [1.54, 1.807) is 13.0 Å². The van der Waals surface area contributed by atoms with Crippen LogP contribution in [0.2, 0.25) is 0 Å². The first-order chi connectivity index (χ1) is 28.4. The number of nitrogens with one attached hydrogen (secondary N) is 1. The Hall–Kier alpha value is -4.95. The van der Waals surface area contributed by atoms with Crippen molar-refractivity contribution in [3.05, 3.63) is 99.6 Å². The molecule has 59 heavy (non-hydrogen) atoms. The van der Waals surface area contributed by atoms with Gasteiger partial charge in [-0.3, -0.25) is 9.59 Å². The zero-order valence-electron chi connectivity index (χ0n) is 33.9. The quantitative estimate of drug-likeness (QED) is 0.104. The maximum Gasteiger partial charge on any atom is 0.334 e. The number of fused-ring (bicyclic) bond motifs is 7. The number of rotatable bonds is 6. The van der Waals surface area contributed by atoms with E-state index < -0.39 is 41.6 Å². The summed E-state index contributed by atoms with van der Waals surface area (Å²) in [5, 5.41) is 48.7. The van der Waals surface area contributed by atoms with Crippen molar-refractivity contribution in [2.75, 3.05) is 11.9 Å². The van der Waals surface area contributed by atoms with Crippen LogP contribution < -0.4 is 10.1 Å². The van der Waals surface area contributed by atoms with Crippen molar-refractivity contribution in [3.63, 3.8) is 0 Å². The molecule has 0 amide bonds. The van der Waals surface area contributed by atoms with Gasteiger partial charge in [-0.25, -0.2) is 4.79 Å². The van der Waals surface area contributed by atoms with E-state index in [1.807, 2.05) is 37.3 Å². The lowest BCUT2D eigenvalue weighted by Crippen LogP contribution is -2.63. The van der Waals surface area contributed by atoms with Crippen molar-refractivity contribution in [1.29, 1.82) is 0 Å². The molecular weight excluding hydrogens is 747 g/mol. The van der Waals surface area contributed by atoms with Crippen LogP contribution in [0.3, 0.4) is 0 Å². The number of aromatic hydroxyl groups is 1. The molecular formula is C49H55NO9. The van der Waals surface area contributed by atoms with Gasteiger partial charge in [-0.15, -0.1) is 0 Å². The number of benzene rings is 3. The molecule has 2 aliphatic carbocycles. The van der Waals surface area contributed by atoms with Crippen molar-refractivity contribution in [3.8, 4) is 23.3 Å². The van der Waals surface area contributed by atoms with E-state index in [0.717, 1.165) is 23.1 Å². The van der Waals surface area contributed by atoms with Gasteiger partial charge < -0.3 is 35.2 Å². The van der Waals surface area contributed by atoms with Crippen molar-refractivity contribution in [2.24, 2.45) is 23.7 Å². The number of hydrogen-bond acceptors (Lipinski definition) is 10. The number of allylic oxidation sites excluding steroid dienone is 1. The molecule has 5 N–H and O–H groups in total. The van der Waals surface area contributed by atoms with E-state index >= 15 is 4.79 Å². The number of Topliss-reactive ketones (excluding diaryl/α,β-unsaturated/α-hetero) is 1. The molecule has 5 aliphatic rings. The highest BCUT2D eigenvalue weighted by atomic mass is 16.6. The molecule has 10 nitrogen and oxygen atoms in total. The normalized spacial score (nSPS) is 29.7. The second-order valence-corrected chi connectivity index (χ2v) is 17.5. The molecule has 9 atom stereocenters. The van der Waals surface area contributed by atoms with Crippen LogP contribution in [0, 0.1) is 35.5 Å². The predicted molar refractivity (Wildman–Crippen MR) is 222 cm³/mol. The molecule has 8 rings (SSSR count). The van der Waals surface area contributed by atoms with Gasteiger partial charge >= 0.3 is 11.9 Å². The lowest BCUT2D eigenvalue weighted by Gasteiger charge is -2.56. The highest BCUT2D eigenvalue weighted by Crippen LogP contribution is 2.54. The lowest BCUT2D eigenvalue weighted by molar-refractivity contribution is -0.212. The summed E-state index contributed by atoms with van der Waals surface area (Å²) >= 11 is 0. The summed E-state index contributed by atoms with van der Waals surface area (Å²) in [6, 6.07) is 17.1. The van der Waals surface area contributed by atoms with E-state index in [0.29, 0.717) is 72.9 Å². The van der Waals surface area contributed by atoms with E-state index in [2.05, 4.69) is 35.4 Å². The number of carbonyl (C=O) groups is 3. The topological polar surface area (TPSA) is 163 Å². The van der Waals surface area contributed by atoms with E-state index in [4.69, 9.17) is 9.47 Å². The Bertz CT molecular complexity index is 2220. The highest BCUT2D eigenvalue weighted by molar-refractivity contribution is 5.89. The minimum atomic E-state index is -1.52. The number of phenols is 1. The molecule has 0 saturated heterocycles. The van der Waals surface area contributed by atoms with Gasteiger partial charge in [0.2, 0.25) is 0 Å². The number of aryl methyl sites for hydroxylation is 1. The third kappa shape index (κ3) is 8.30. The summed E-state index contributed by atoms with van der Waals surface area (Å²) in [6.45, 7) is 3.75. The van der Waals surface area contributed by atoms with E-state index in [9.17, 15) is 30.0 Å². The van der Waals surface area contributed by atoms with Crippen LogP contribution >= 0.6 is 0 Å². The Morgan fingerprint density at radius 2 is 1.75 bits per heavy atom. The number of aliphatic hydroxyl groups excluding tert-OH is 2. The first-order valence-corrected chi connectivity index (χ1v) is 21.4. The molecule has 10 heteroatoms. The summed E-state index contributed by atoms with van der Waals surface area (Å²) in [4.78, 5) is 41.8. The Morgan fingerprint density at radius 1 is 0.932 bits per heavy atom. The Labute approximate surface area is 346 Å². The number of hydrogen-bond donors (Lipinski definition) is 5. The molecule has 310 valence electrons. The highest BCUT2D eigenvalue weighted by Gasteiger charge is 2.59. The number of anilines is 1. The molecule has 0 aromatic heterocycles. The zero-order valence-corrected chi connectivity index (χ0v) is 33.9. The van der Waals surface area contributed by atoms with Gasteiger partial charge in [-0.2, -0.15) is 0 Å². The summed E-state index contributed by atoms with van der Waals surface area (Å²) in [6.07, 6.45) is 4.91. The lowest BCUT2D eigenvalue weighted by atomic mass is 9.53. The molecule has 10 bridgehead atoms. The van der Waals surface area contributed by atoms with Crippen molar-refractivity contribution >= 4 is 23.4 Å². The fourth-order valence-electron chi connectivity index (χ4n) is 10.7. The number of esters is 2. The summed E-state index contributed by atoms with van der Waals surface area (Å²) in [5.41, 5.74) is 4.12. The maximum absolute atomic E-state index is 15.0. The summed E-state index contributed by atoms with van der Waals surface area (Å²) < 4.78 is 12.3. The second-order valence-electron chi connectivity index (χ2n) is 17.5. The molecule has 3 heterocycles. The molecule has 2 fully saturated rings. The molecule has 0 spiro atoms. The van der Waals surface area contributed by atoms with Gasteiger partial charge in [0, 0.05) is 54.1 Å². The Kier molecular flexibility index (Phi) is 11.7. The minimum absolute atomic E-state index is 0.00210. The molecule has 0 radical (unpaired) electrons. The van der Waals surface area contributed by atoms with Crippen LogP contribution in [0.5, 0.6) is 11.5 Å². The Morgan fingerprint density at radius 3 is 2.54 bits per heavy atom. The first-order valence-electron chi connectivity index (χ1n) is 21.4. The van der Waals surface area contributed by atoms with E-state index in [-0.39, 0.29) is 73.4 Å². The number of phenolic OH excluding ortho intramolecular Hbond substituents is 1. The van der Waals surface area contributed by atoms with Crippen LogP contribution in [0.15, 0.2) is 66.2 Å². The van der Waals surface area contributed by atoms with Gasteiger partial charge in [0.25, 0.3) is 0 Å². The zero-order chi connectivity index (χ0) is 41.4. The van der Waals surface area contributed by atoms with E-state index in [1.165, 1.54) is 6.07 Å². The second kappa shape index (κ2) is 17.0. The molecule has 3 aliphatic heterocycles. The van der Waals surface area contributed by atoms with Crippen LogP contribution in [0.25, 0.3) is 0 Å². The number of aliphatic hydroxyl groups is 3. The molecule has 9 unspecified atom stereocenters. The summed E-state index contributed by atoms with van der Waals surface area (Å²) in [7, 11) is 0. The van der Waals surface area contributed by atoms with Crippen molar-refractivity contribution in [1.82, 2.24) is 0 Å². The van der Waals surface area contributed by atoms with Crippen LogP contribution in [-0.2, 0) is 45.0 Å². The number of ether oxygens (including phenoxy) is 2. The molecule has 2 saturated carbocycles. The largest absolute Gasteiger partial charge is 0.508 e. The monoisotopic (exact) mass is 801 g/mol. The standard InChI is InChI=1S/C49H55NO9/c1-3-37-12-13-39-41-19-30-8-4-6-29(16-30)7-5-9-34-20-32(35-17-31(27-51)18-38(21-35)50-26-28(2)52)10-11-33-24-47(55)58-45-25-44(54)36(22-40(33)45)23-46(59-48(34)56)49(37,57)42(39)14-15-43(41)53/h4,6,8-9,16-18,21-22,25,28,32-33,37,39,41-42,46,50-52,54,57H,3,5,7,12-15,19-20,23-24,26-27H2,1-2H3. The summed E-state index contributed by atoms with van der Waals surface area (Å²) in [5.74, 6) is 3.84. The number of ketones is 1. The average Bonchev–Trinajstić information content (AvgIpc) is 3.22. The average molecular weight is 802 g/mol. The van der Waals surface area contributed by atoms with Gasteiger partial charge in [0.05, 0.1) is 25.0 Å². The smallest absolute Gasteiger partial charge is 0.334 e. The maximum atomic E-state index is 15.0. The molecule has 3 aromatic rings. The fraction of sp³-hybridized carbons (Fsp3) is 0.490. The van der Waals surface area contributed by atoms with Crippen LogP contribution in [0.1, 0.15) is 110 Å². The Balaban J connectivity index is 1.32. The first kappa shape index (κ1) is 40.8. The predicted octanol–water partition coefficient (Wildman–Crippen LogP) is 6.59. The van der Waals surface area contributed by atoms with Crippen molar-refractivity contribution < 1.29 is 44.3 Å². The molecule has 3 aromatic carbocycles. The SMILES string of the molecule is CCC1CCC2C3Cc4cccc(c4)CCC=C4CC(c5cc(CO)cc(NCC(C)O)c5)C#CC5CC(=O)Oc6cc(O)c(cc65)CC(OC4=O)C1(O)C2CCC3=O. The van der Waals surface area contributed by atoms with Gasteiger partial charge in [0.1, 0.15) is 29.0 Å². The van der Waals surface area contributed by atoms with Crippen LogP contribution in [-0.4, -0.2) is 62.5 Å². The number of carbonyl (C=O) groups excluding carboxylic acids is 3. The minimum Gasteiger partial charge on any atom is -0.508 e. The third-order valence-corrected chi connectivity index (χ3v) is 13.7. The van der Waals surface area contributed by atoms with Gasteiger partial charge in [0.15, 0.2) is 0 Å².